The molecule has 0 atom stereocenters. The first-order valence-electron chi connectivity index (χ1n) is 7.57. The number of benzene rings is 2. The first-order valence-corrected chi connectivity index (χ1v) is 7.57. The van der Waals surface area contributed by atoms with Crippen LogP contribution in [0.15, 0.2) is 36.4 Å². The largest absolute Gasteiger partial charge is 0.493 e. The molecule has 0 bridgehead atoms. The second-order valence-electron chi connectivity index (χ2n) is 5.88. The van der Waals surface area contributed by atoms with Crippen molar-refractivity contribution in [2.24, 2.45) is 0 Å². The van der Waals surface area contributed by atoms with Crippen molar-refractivity contribution in [3.8, 4) is 16.9 Å². The molecule has 108 valence electrons. The van der Waals surface area contributed by atoms with Crippen molar-refractivity contribution >= 4 is 0 Å². The van der Waals surface area contributed by atoms with E-state index in [1.807, 2.05) is 24.3 Å². The normalized spacial score (nSPS) is 16.6. The maximum Gasteiger partial charge on any atom is 0.128 e. The van der Waals surface area contributed by atoms with Gasteiger partial charge in [-0.1, -0.05) is 18.2 Å². The highest BCUT2D eigenvalue weighted by Gasteiger charge is 2.20. The molecule has 0 spiro atoms. The Morgan fingerprint density at radius 3 is 2.71 bits per heavy atom. The molecular formula is C18H18FNO. The molecule has 2 aromatic rings. The third-order valence-electron chi connectivity index (χ3n) is 4.23. The van der Waals surface area contributed by atoms with Gasteiger partial charge in [0.25, 0.3) is 0 Å². The van der Waals surface area contributed by atoms with Crippen molar-refractivity contribution in [3.05, 3.63) is 53.3 Å². The molecule has 1 N–H and O–H groups in total. The number of nitrogens with one attached hydrogen (secondary N) is 1. The van der Waals surface area contributed by atoms with Gasteiger partial charge in [0.2, 0.25) is 0 Å². The van der Waals surface area contributed by atoms with E-state index >= 15 is 0 Å². The monoisotopic (exact) mass is 283 g/mol. The Balaban J connectivity index is 1.58. The SMILES string of the molecule is Fc1cc(-c2ccc3c(c2)CCO3)ccc1CNC1CC1. The van der Waals surface area contributed by atoms with Gasteiger partial charge < -0.3 is 10.1 Å². The third kappa shape index (κ3) is 2.66. The Morgan fingerprint density at radius 2 is 1.90 bits per heavy atom. The number of halogens is 1. The standard InChI is InChI=1S/C18H18FNO/c19-17-10-13(1-2-15(17)11-20-16-4-5-16)12-3-6-18-14(9-12)7-8-21-18/h1-3,6,9-10,16,20H,4-5,7-8,11H2. The van der Waals surface area contributed by atoms with Gasteiger partial charge in [-0.15, -0.1) is 0 Å². The Labute approximate surface area is 123 Å². The summed E-state index contributed by atoms with van der Waals surface area (Å²) in [4.78, 5) is 0. The summed E-state index contributed by atoms with van der Waals surface area (Å²) in [7, 11) is 0. The molecule has 0 unspecified atom stereocenters. The molecule has 2 nitrogen and oxygen atoms in total. The zero-order valence-electron chi connectivity index (χ0n) is 11.9. The van der Waals surface area contributed by atoms with Crippen molar-refractivity contribution in [2.45, 2.75) is 31.8 Å². The number of rotatable bonds is 4. The second-order valence-corrected chi connectivity index (χ2v) is 5.88. The number of ether oxygens (including phenoxy) is 1. The van der Waals surface area contributed by atoms with Crippen LogP contribution in [0.4, 0.5) is 4.39 Å². The van der Waals surface area contributed by atoms with E-state index in [1.54, 1.807) is 6.07 Å². The molecule has 1 saturated carbocycles. The highest BCUT2D eigenvalue weighted by molar-refractivity contribution is 5.66. The molecule has 3 heteroatoms. The van der Waals surface area contributed by atoms with Crippen LogP contribution in [0, 0.1) is 5.82 Å². The van der Waals surface area contributed by atoms with Crippen molar-refractivity contribution in [1.29, 1.82) is 0 Å². The molecule has 1 aliphatic heterocycles. The van der Waals surface area contributed by atoms with Crippen LogP contribution < -0.4 is 10.1 Å². The first-order chi connectivity index (χ1) is 10.3. The Kier molecular flexibility index (Phi) is 3.15. The molecule has 1 fully saturated rings. The Morgan fingerprint density at radius 1 is 1.10 bits per heavy atom. The van der Waals surface area contributed by atoms with E-state index in [1.165, 1.54) is 18.4 Å². The van der Waals surface area contributed by atoms with E-state index in [0.717, 1.165) is 35.5 Å². The van der Waals surface area contributed by atoms with Crippen LogP contribution in [0.25, 0.3) is 11.1 Å². The van der Waals surface area contributed by atoms with Crippen LogP contribution in [0.1, 0.15) is 24.0 Å². The maximum absolute atomic E-state index is 14.2. The predicted molar refractivity (Wildman–Crippen MR) is 80.9 cm³/mol. The average molecular weight is 283 g/mol. The van der Waals surface area contributed by atoms with Gasteiger partial charge in [-0.3, -0.25) is 0 Å². The molecule has 0 aromatic heterocycles. The highest BCUT2D eigenvalue weighted by atomic mass is 19.1. The predicted octanol–water partition coefficient (Wildman–Crippen LogP) is 3.68. The fourth-order valence-electron chi connectivity index (χ4n) is 2.78. The summed E-state index contributed by atoms with van der Waals surface area (Å²) in [6, 6.07) is 12.2. The van der Waals surface area contributed by atoms with Crippen LogP contribution in [0.3, 0.4) is 0 Å². The Bertz CT molecular complexity index is 679. The van der Waals surface area contributed by atoms with E-state index in [2.05, 4.69) is 11.4 Å². The van der Waals surface area contributed by atoms with E-state index in [4.69, 9.17) is 4.74 Å². The van der Waals surface area contributed by atoms with E-state index < -0.39 is 0 Å². The molecule has 21 heavy (non-hydrogen) atoms. The zero-order valence-corrected chi connectivity index (χ0v) is 11.9. The molecule has 0 saturated heterocycles. The lowest BCUT2D eigenvalue weighted by molar-refractivity contribution is 0.357. The summed E-state index contributed by atoms with van der Waals surface area (Å²) in [6.07, 6.45) is 3.38. The molecule has 0 radical (unpaired) electrons. The van der Waals surface area contributed by atoms with Crippen LogP contribution in [-0.2, 0) is 13.0 Å². The van der Waals surface area contributed by atoms with Crippen molar-refractivity contribution in [2.75, 3.05) is 6.61 Å². The fraction of sp³-hybridized carbons (Fsp3) is 0.333. The lowest BCUT2D eigenvalue weighted by Crippen LogP contribution is -2.16. The van der Waals surface area contributed by atoms with Crippen molar-refractivity contribution in [1.82, 2.24) is 5.32 Å². The van der Waals surface area contributed by atoms with Gasteiger partial charge in [0, 0.05) is 24.6 Å². The molecule has 4 rings (SSSR count). The molecule has 0 amide bonds. The molecule has 1 heterocycles. The topological polar surface area (TPSA) is 21.3 Å². The van der Waals surface area contributed by atoms with E-state index in [-0.39, 0.29) is 5.82 Å². The second kappa shape index (κ2) is 5.15. The minimum Gasteiger partial charge on any atom is -0.493 e. The zero-order chi connectivity index (χ0) is 14.2. The molecule has 2 aliphatic rings. The van der Waals surface area contributed by atoms with Crippen LogP contribution in [0.5, 0.6) is 5.75 Å². The van der Waals surface area contributed by atoms with Gasteiger partial charge >= 0.3 is 0 Å². The van der Waals surface area contributed by atoms with E-state index in [9.17, 15) is 4.39 Å². The molecular weight excluding hydrogens is 265 g/mol. The van der Waals surface area contributed by atoms with E-state index in [0.29, 0.717) is 12.6 Å². The summed E-state index contributed by atoms with van der Waals surface area (Å²) in [5, 5.41) is 3.35. The van der Waals surface area contributed by atoms with Crippen LogP contribution in [0.2, 0.25) is 0 Å². The smallest absolute Gasteiger partial charge is 0.128 e. The van der Waals surface area contributed by atoms with Crippen LogP contribution >= 0.6 is 0 Å². The third-order valence-corrected chi connectivity index (χ3v) is 4.23. The number of fused-ring (bicyclic) bond motifs is 1. The maximum atomic E-state index is 14.2. The van der Waals surface area contributed by atoms with Gasteiger partial charge in [-0.2, -0.15) is 0 Å². The minimum absolute atomic E-state index is 0.127. The number of hydrogen-bond donors (Lipinski definition) is 1. The van der Waals surface area contributed by atoms with Gasteiger partial charge in [0.05, 0.1) is 6.61 Å². The number of hydrogen-bond acceptors (Lipinski definition) is 2. The fourth-order valence-corrected chi connectivity index (χ4v) is 2.78. The lowest BCUT2D eigenvalue weighted by atomic mass is 10.0. The molecule has 2 aromatic carbocycles. The quantitative estimate of drug-likeness (QED) is 0.924. The van der Waals surface area contributed by atoms with Gasteiger partial charge in [-0.25, -0.2) is 4.39 Å². The first kappa shape index (κ1) is 12.8. The van der Waals surface area contributed by atoms with Crippen LogP contribution in [-0.4, -0.2) is 12.6 Å². The summed E-state index contributed by atoms with van der Waals surface area (Å²) in [5.74, 6) is 0.835. The lowest BCUT2D eigenvalue weighted by Gasteiger charge is -2.08. The van der Waals surface area contributed by atoms with Crippen molar-refractivity contribution in [3.63, 3.8) is 0 Å². The average Bonchev–Trinajstić information content (AvgIpc) is 3.21. The highest BCUT2D eigenvalue weighted by Crippen LogP contribution is 2.31. The van der Waals surface area contributed by atoms with Gasteiger partial charge in [0.1, 0.15) is 11.6 Å². The molecule has 1 aliphatic carbocycles. The Hall–Kier alpha value is -1.87. The minimum atomic E-state index is -0.127. The summed E-state index contributed by atoms with van der Waals surface area (Å²) < 4.78 is 19.7. The summed E-state index contributed by atoms with van der Waals surface area (Å²) in [6.45, 7) is 1.37. The summed E-state index contributed by atoms with van der Waals surface area (Å²) >= 11 is 0. The van der Waals surface area contributed by atoms with Crippen molar-refractivity contribution < 1.29 is 9.13 Å². The summed E-state index contributed by atoms with van der Waals surface area (Å²) in [5.41, 5.74) is 3.94. The van der Waals surface area contributed by atoms with Gasteiger partial charge in [0.15, 0.2) is 0 Å². The van der Waals surface area contributed by atoms with Gasteiger partial charge in [-0.05, 0) is 47.7 Å².